The van der Waals surface area contributed by atoms with Gasteiger partial charge in [0.15, 0.2) is 0 Å². The van der Waals surface area contributed by atoms with Crippen LogP contribution in [0.4, 0.5) is 17.3 Å². The summed E-state index contributed by atoms with van der Waals surface area (Å²) in [5.41, 5.74) is 4.06. The molecular weight excluding hydrogens is 264 g/mol. The molecule has 0 aliphatic heterocycles. The summed E-state index contributed by atoms with van der Waals surface area (Å²) >= 11 is 0. The van der Waals surface area contributed by atoms with Crippen LogP contribution >= 0.6 is 0 Å². The number of hydrogen-bond donors (Lipinski definition) is 2. The molecule has 0 fully saturated rings. The predicted molar refractivity (Wildman–Crippen MR) is 83.1 cm³/mol. The van der Waals surface area contributed by atoms with Crippen molar-refractivity contribution in [3.05, 3.63) is 41.7 Å². The first-order valence-corrected chi connectivity index (χ1v) is 6.76. The molecule has 1 aromatic heterocycles. The highest BCUT2D eigenvalue weighted by Gasteiger charge is 2.10. The summed E-state index contributed by atoms with van der Waals surface area (Å²) in [6.45, 7) is 2.08. The molecule has 0 saturated heterocycles. The van der Waals surface area contributed by atoms with Crippen LogP contribution in [0.3, 0.4) is 0 Å². The van der Waals surface area contributed by atoms with Crippen LogP contribution in [-0.2, 0) is 6.42 Å². The second-order valence-corrected chi connectivity index (χ2v) is 4.64. The van der Waals surface area contributed by atoms with Gasteiger partial charge in [-0.2, -0.15) is 5.26 Å². The van der Waals surface area contributed by atoms with Crippen LogP contribution in [0.5, 0.6) is 0 Å². The lowest BCUT2D eigenvalue weighted by Gasteiger charge is -2.19. The molecule has 3 N–H and O–H groups in total. The number of rotatable bonds is 5. The lowest BCUT2D eigenvalue weighted by molar-refractivity contribution is 0.831. The van der Waals surface area contributed by atoms with Gasteiger partial charge in [-0.15, -0.1) is 0 Å². The summed E-state index contributed by atoms with van der Waals surface area (Å²) < 4.78 is 0. The first-order valence-electron chi connectivity index (χ1n) is 6.76. The van der Waals surface area contributed by atoms with Gasteiger partial charge in [-0.3, -0.25) is 0 Å². The van der Waals surface area contributed by atoms with Crippen molar-refractivity contribution in [3.8, 4) is 6.07 Å². The third kappa shape index (κ3) is 3.46. The molecule has 0 saturated carbocycles. The van der Waals surface area contributed by atoms with Crippen molar-refractivity contribution in [3.63, 3.8) is 0 Å². The van der Waals surface area contributed by atoms with Gasteiger partial charge in [-0.1, -0.05) is 13.0 Å². The number of aryl methyl sites for hydroxylation is 1. The minimum atomic E-state index is 0.576. The van der Waals surface area contributed by atoms with Gasteiger partial charge in [0.25, 0.3) is 0 Å². The topological polar surface area (TPSA) is 90.9 Å². The van der Waals surface area contributed by atoms with Crippen molar-refractivity contribution < 1.29 is 0 Å². The van der Waals surface area contributed by atoms with Crippen LogP contribution < -0.4 is 16.2 Å². The molecule has 0 aliphatic rings. The molecular formula is C15H18N6. The molecule has 6 nitrogen and oxygen atoms in total. The highest BCUT2D eigenvalue weighted by molar-refractivity contribution is 5.63. The van der Waals surface area contributed by atoms with E-state index < -0.39 is 0 Å². The van der Waals surface area contributed by atoms with Gasteiger partial charge in [0.1, 0.15) is 17.5 Å². The molecule has 108 valence electrons. The number of hydrazine groups is 1. The molecule has 0 aliphatic carbocycles. The van der Waals surface area contributed by atoms with Crippen molar-refractivity contribution in [2.75, 3.05) is 17.4 Å². The Kier molecular flexibility index (Phi) is 4.69. The zero-order valence-corrected chi connectivity index (χ0v) is 12.2. The maximum absolute atomic E-state index is 8.99. The summed E-state index contributed by atoms with van der Waals surface area (Å²) in [6, 6.07) is 11.3. The number of anilines is 3. The number of hydrogen-bond acceptors (Lipinski definition) is 6. The Morgan fingerprint density at radius 3 is 2.81 bits per heavy atom. The highest BCUT2D eigenvalue weighted by atomic mass is 15.3. The van der Waals surface area contributed by atoms with Gasteiger partial charge in [0, 0.05) is 25.2 Å². The minimum absolute atomic E-state index is 0.576. The van der Waals surface area contributed by atoms with Gasteiger partial charge in [-0.25, -0.2) is 15.8 Å². The summed E-state index contributed by atoms with van der Waals surface area (Å²) in [5, 5.41) is 8.99. The van der Waals surface area contributed by atoms with E-state index in [-0.39, 0.29) is 0 Å². The second-order valence-electron chi connectivity index (χ2n) is 4.64. The lowest BCUT2D eigenvalue weighted by atomic mass is 10.2. The first kappa shape index (κ1) is 14.8. The van der Waals surface area contributed by atoms with E-state index in [1.807, 2.05) is 30.1 Å². The van der Waals surface area contributed by atoms with Crippen LogP contribution in [0, 0.1) is 11.3 Å². The van der Waals surface area contributed by atoms with Gasteiger partial charge >= 0.3 is 0 Å². The maximum Gasteiger partial charge on any atom is 0.145 e. The molecule has 0 bridgehead atoms. The lowest BCUT2D eigenvalue weighted by Crippen LogP contribution is -2.16. The van der Waals surface area contributed by atoms with Gasteiger partial charge < -0.3 is 10.3 Å². The van der Waals surface area contributed by atoms with E-state index >= 15 is 0 Å². The Balaban J connectivity index is 2.39. The predicted octanol–water partition coefficient (Wildman–Crippen LogP) is 2.35. The fraction of sp³-hybridized carbons (Fsp3) is 0.267. The molecule has 0 amide bonds. The molecule has 0 radical (unpaired) electrons. The van der Waals surface area contributed by atoms with Crippen molar-refractivity contribution in [2.45, 2.75) is 19.8 Å². The monoisotopic (exact) mass is 282 g/mol. The molecule has 21 heavy (non-hydrogen) atoms. The first-order chi connectivity index (χ1) is 10.2. The van der Waals surface area contributed by atoms with E-state index in [1.54, 1.807) is 12.1 Å². The molecule has 1 aromatic carbocycles. The third-order valence-electron chi connectivity index (χ3n) is 3.09. The average Bonchev–Trinajstić information content (AvgIpc) is 2.54. The number of nitrogen functional groups attached to an aromatic ring is 1. The molecule has 6 heteroatoms. The quantitative estimate of drug-likeness (QED) is 0.646. The van der Waals surface area contributed by atoms with E-state index in [2.05, 4.69) is 28.4 Å². The number of benzene rings is 1. The number of nitriles is 1. The Labute approximate surface area is 124 Å². The van der Waals surface area contributed by atoms with Gasteiger partial charge in [0.2, 0.25) is 0 Å². The number of nitrogens with zero attached hydrogens (tertiary/aromatic N) is 4. The SMILES string of the molecule is CCCc1nc(NN)cc(N(C)c2cccc(C#N)c2)n1. The fourth-order valence-corrected chi connectivity index (χ4v) is 1.98. The summed E-state index contributed by atoms with van der Waals surface area (Å²) in [5.74, 6) is 7.52. The average molecular weight is 282 g/mol. The van der Waals surface area contributed by atoms with Crippen molar-refractivity contribution in [2.24, 2.45) is 5.84 Å². The molecule has 2 rings (SSSR count). The van der Waals surface area contributed by atoms with Crippen LogP contribution in [0.15, 0.2) is 30.3 Å². The second kappa shape index (κ2) is 6.68. The summed E-state index contributed by atoms with van der Waals surface area (Å²) in [6.07, 6.45) is 1.75. The Morgan fingerprint density at radius 2 is 2.14 bits per heavy atom. The zero-order valence-electron chi connectivity index (χ0n) is 12.2. The minimum Gasteiger partial charge on any atom is -0.329 e. The van der Waals surface area contributed by atoms with Crippen molar-refractivity contribution in [1.29, 1.82) is 5.26 Å². The summed E-state index contributed by atoms with van der Waals surface area (Å²) in [7, 11) is 1.90. The molecule has 1 heterocycles. The van der Waals surface area contributed by atoms with Crippen molar-refractivity contribution >= 4 is 17.3 Å². The number of nitrogens with two attached hydrogens (primary N) is 1. The van der Waals surface area contributed by atoms with Crippen LogP contribution in [0.2, 0.25) is 0 Å². The third-order valence-corrected chi connectivity index (χ3v) is 3.09. The normalized spacial score (nSPS) is 10.0. The standard InChI is InChI=1S/C15H18N6/c1-3-5-13-18-14(20-17)9-15(19-13)21(2)12-7-4-6-11(8-12)10-16/h4,6-9H,3,5,17H2,1-2H3,(H,18,19,20). The number of nitrogens with one attached hydrogen (secondary N) is 1. The Bertz CT molecular complexity index is 661. The van der Waals surface area contributed by atoms with Crippen LogP contribution in [0.1, 0.15) is 24.7 Å². The van der Waals surface area contributed by atoms with Gasteiger partial charge in [0.05, 0.1) is 11.6 Å². The van der Waals surface area contributed by atoms with E-state index in [1.165, 1.54) is 0 Å². The highest BCUT2D eigenvalue weighted by Crippen LogP contribution is 2.24. The smallest absolute Gasteiger partial charge is 0.145 e. The van der Waals surface area contributed by atoms with Gasteiger partial charge in [-0.05, 0) is 24.6 Å². The van der Waals surface area contributed by atoms with E-state index in [4.69, 9.17) is 11.1 Å². The fourth-order valence-electron chi connectivity index (χ4n) is 1.98. The van der Waals surface area contributed by atoms with E-state index in [0.29, 0.717) is 11.4 Å². The van der Waals surface area contributed by atoms with Crippen LogP contribution in [-0.4, -0.2) is 17.0 Å². The van der Waals surface area contributed by atoms with E-state index in [0.717, 1.165) is 30.2 Å². The Morgan fingerprint density at radius 1 is 1.33 bits per heavy atom. The maximum atomic E-state index is 8.99. The van der Waals surface area contributed by atoms with E-state index in [9.17, 15) is 0 Å². The Hall–Kier alpha value is -2.65. The molecule has 2 aromatic rings. The molecule has 0 unspecified atom stereocenters. The summed E-state index contributed by atoms with van der Waals surface area (Å²) in [4.78, 5) is 10.8. The van der Waals surface area contributed by atoms with Crippen molar-refractivity contribution in [1.82, 2.24) is 9.97 Å². The number of aromatic nitrogens is 2. The molecule has 0 spiro atoms. The zero-order chi connectivity index (χ0) is 15.2. The largest absolute Gasteiger partial charge is 0.329 e. The molecule has 0 atom stereocenters. The van der Waals surface area contributed by atoms with Crippen LogP contribution in [0.25, 0.3) is 0 Å².